The fourth-order valence-corrected chi connectivity index (χ4v) is 3.12. The lowest BCUT2D eigenvalue weighted by atomic mass is 9.86. The average molecular weight is 421 g/mol. The first-order chi connectivity index (χ1) is 14.9. The summed E-state index contributed by atoms with van der Waals surface area (Å²) in [6.07, 6.45) is 2.57. The number of hydrogen-bond donors (Lipinski definition) is 3. The van der Waals surface area contributed by atoms with Gasteiger partial charge in [-0.2, -0.15) is 5.10 Å². The van der Waals surface area contributed by atoms with E-state index in [4.69, 9.17) is 0 Å². The van der Waals surface area contributed by atoms with Gasteiger partial charge in [0.25, 0.3) is 0 Å². The Labute approximate surface area is 184 Å². The molecule has 0 aliphatic heterocycles. The van der Waals surface area contributed by atoms with Gasteiger partial charge in [0.05, 0.1) is 18.3 Å². The summed E-state index contributed by atoms with van der Waals surface area (Å²) >= 11 is 0. The molecule has 0 spiro atoms. The molecule has 0 saturated heterocycles. The first-order valence-electron chi connectivity index (χ1n) is 10.6. The molecule has 0 aliphatic rings. The molecule has 0 bridgehead atoms. The molecule has 31 heavy (non-hydrogen) atoms. The molecule has 164 valence electrons. The van der Waals surface area contributed by atoms with Crippen LogP contribution in [0.1, 0.15) is 50.5 Å². The summed E-state index contributed by atoms with van der Waals surface area (Å²) in [7, 11) is 0. The van der Waals surface area contributed by atoms with Crippen LogP contribution < -0.4 is 10.6 Å². The Kier molecular flexibility index (Phi) is 7.41. The number of nitrogens with one attached hydrogen (secondary N) is 2. The molecule has 7 nitrogen and oxygen atoms in total. The van der Waals surface area contributed by atoms with Crippen LogP contribution in [0.2, 0.25) is 0 Å². The number of aromatic nitrogens is 3. The molecular weight excluding hydrogens is 388 g/mol. The highest BCUT2D eigenvalue weighted by molar-refractivity contribution is 5.79. The normalized spacial score (nSPS) is 13.1. The second-order valence-corrected chi connectivity index (χ2v) is 8.47. The molecule has 3 N–H and O–H groups in total. The molecule has 1 atom stereocenters. The fourth-order valence-electron chi connectivity index (χ4n) is 3.12. The third kappa shape index (κ3) is 6.39. The second kappa shape index (κ2) is 10.2. The van der Waals surface area contributed by atoms with Crippen LogP contribution in [0.3, 0.4) is 0 Å². The van der Waals surface area contributed by atoms with Crippen LogP contribution in [-0.4, -0.2) is 38.9 Å². The van der Waals surface area contributed by atoms with Crippen molar-refractivity contribution in [1.82, 2.24) is 25.4 Å². The predicted octanol–water partition coefficient (Wildman–Crippen LogP) is 3.35. The molecule has 2 aromatic carbocycles. The van der Waals surface area contributed by atoms with Crippen molar-refractivity contribution in [2.75, 3.05) is 13.1 Å². The minimum absolute atomic E-state index is 0.0973. The molecule has 0 radical (unpaired) electrons. The quantitative estimate of drug-likeness (QED) is 0.403. The third-order valence-electron chi connectivity index (χ3n) is 5.01. The minimum atomic E-state index is -0.611. The van der Waals surface area contributed by atoms with E-state index in [1.54, 1.807) is 11.0 Å². The first-order valence-corrected chi connectivity index (χ1v) is 10.6. The number of aliphatic imine (C=N–C) groups is 1. The minimum Gasteiger partial charge on any atom is -0.387 e. The van der Waals surface area contributed by atoms with Gasteiger partial charge in [-0.05, 0) is 41.2 Å². The molecule has 0 saturated carbocycles. The van der Waals surface area contributed by atoms with Crippen LogP contribution in [0.4, 0.5) is 0 Å². The highest BCUT2D eigenvalue weighted by Crippen LogP contribution is 2.23. The van der Waals surface area contributed by atoms with E-state index < -0.39 is 6.10 Å². The maximum Gasteiger partial charge on any atom is 0.191 e. The summed E-state index contributed by atoms with van der Waals surface area (Å²) in [6.45, 7) is 10.2. The van der Waals surface area contributed by atoms with Gasteiger partial charge in [0.1, 0.15) is 12.7 Å². The Morgan fingerprint density at radius 2 is 1.77 bits per heavy atom. The topological polar surface area (TPSA) is 87.4 Å². The number of nitrogens with zero attached hydrogens (tertiary/aromatic N) is 4. The summed E-state index contributed by atoms with van der Waals surface area (Å²) in [5.74, 6) is 0.674. The van der Waals surface area contributed by atoms with Gasteiger partial charge in [0.15, 0.2) is 5.96 Å². The lowest BCUT2D eigenvalue weighted by Crippen LogP contribution is -2.39. The van der Waals surface area contributed by atoms with Crippen LogP contribution in [0, 0.1) is 0 Å². The molecule has 3 rings (SSSR count). The number of hydrogen-bond acceptors (Lipinski definition) is 4. The molecule has 0 aliphatic carbocycles. The van der Waals surface area contributed by atoms with Crippen LogP contribution in [0.15, 0.2) is 66.2 Å². The van der Waals surface area contributed by atoms with Crippen molar-refractivity contribution >= 4 is 5.96 Å². The van der Waals surface area contributed by atoms with E-state index in [1.165, 1.54) is 11.9 Å². The molecule has 1 aromatic heterocycles. The van der Waals surface area contributed by atoms with Gasteiger partial charge in [-0.1, -0.05) is 57.2 Å². The smallest absolute Gasteiger partial charge is 0.191 e. The zero-order valence-electron chi connectivity index (χ0n) is 18.7. The van der Waals surface area contributed by atoms with E-state index >= 15 is 0 Å². The largest absolute Gasteiger partial charge is 0.387 e. The molecule has 1 heterocycles. The standard InChI is InChI=1S/C24H32N6O/c1-5-26-23(27-14-18-6-12-21(13-7-18)30-17-25-16-29-30)28-15-22(31)19-8-10-20(11-9-19)24(2,3)4/h6-13,16-17,22,31H,5,14-15H2,1-4H3,(H2,26,27,28). The van der Waals surface area contributed by atoms with Gasteiger partial charge in [-0.3, -0.25) is 0 Å². The van der Waals surface area contributed by atoms with Gasteiger partial charge < -0.3 is 15.7 Å². The Bertz CT molecular complexity index is 957. The number of aliphatic hydroxyl groups excluding tert-OH is 1. The zero-order chi connectivity index (χ0) is 22.3. The van der Waals surface area contributed by atoms with Crippen LogP contribution in [0.25, 0.3) is 5.69 Å². The van der Waals surface area contributed by atoms with Crippen LogP contribution >= 0.6 is 0 Å². The van der Waals surface area contributed by atoms with Crippen molar-refractivity contribution < 1.29 is 5.11 Å². The lowest BCUT2D eigenvalue weighted by Gasteiger charge is -2.20. The van der Waals surface area contributed by atoms with E-state index in [9.17, 15) is 5.11 Å². The summed E-state index contributed by atoms with van der Waals surface area (Å²) in [4.78, 5) is 8.60. The Hall–Kier alpha value is -3.19. The summed E-state index contributed by atoms with van der Waals surface area (Å²) < 4.78 is 1.72. The van der Waals surface area contributed by atoms with Crippen molar-refractivity contribution in [3.8, 4) is 5.69 Å². The second-order valence-electron chi connectivity index (χ2n) is 8.47. The summed E-state index contributed by atoms with van der Waals surface area (Å²) in [5, 5.41) is 21.2. The highest BCUT2D eigenvalue weighted by atomic mass is 16.3. The van der Waals surface area contributed by atoms with Crippen LogP contribution in [0.5, 0.6) is 0 Å². The Balaban J connectivity index is 1.58. The van der Waals surface area contributed by atoms with Gasteiger partial charge >= 0.3 is 0 Å². The van der Waals surface area contributed by atoms with E-state index in [-0.39, 0.29) is 5.41 Å². The van der Waals surface area contributed by atoms with Crippen LogP contribution in [-0.2, 0) is 12.0 Å². The Morgan fingerprint density at radius 3 is 2.35 bits per heavy atom. The molecule has 7 heteroatoms. The molecule has 0 amide bonds. The highest BCUT2D eigenvalue weighted by Gasteiger charge is 2.15. The maximum absolute atomic E-state index is 10.6. The van der Waals surface area contributed by atoms with Crippen molar-refractivity contribution in [3.05, 3.63) is 77.9 Å². The van der Waals surface area contributed by atoms with Crippen molar-refractivity contribution in [2.24, 2.45) is 4.99 Å². The number of aliphatic hydroxyl groups is 1. The van der Waals surface area contributed by atoms with E-state index in [0.29, 0.717) is 19.0 Å². The first kappa shape index (κ1) is 22.5. The van der Waals surface area contributed by atoms with Crippen molar-refractivity contribution in [3.63, 3.8) is 0 Å². The summed E-state index contributed by atoms with van der Waals surface area (Å²) in [5.41, 5.74) is 4.27. The summed E-state index contributed by atoms with van der Waals surface area (Å²) in [6, 6.07) is 16.2. The molecular formula is C24H32N6O. The monoisotopic (exact) mass is 420 g/mol. The van der Waals surface area contributed by atoms with Gasteiger partial charge in [0.2, 0.25) is 0 Å². The van der Waals surface area contributed by atoms with Gasteiger partial charge in [-0.25, -0.2) is 14.7 Å². The number of benzene rings is 2. The van der Waals surface area contributed by atoms with Gasteiger partial charge in [0, 0.05) is 13.1 Å². The van der Waals surface area contributed by atoms with E-state index in [2.05, 4.69) is 58.6 Å². The number of rotatable bonds is 7. The molecule has 1 unspecified atom stereocenters. The fraction of sp³-hybridized carbons (Fsp3) is 0.375. The SMILES string of the molecule is CCNC(=NCc1ccc(-n2cncn2)cc1)NCC(O)c1ccc(C(C)(C)C)cc1. The molecule has 0 fully saturated rings. The average Bonchev–Trinajstić information content (AvgIpc) is 3.30. The van der Waals surface area contributed by atoms with E-state index in [1.807, 2.05) is 43.3 Å². The van der Waals surface area contributed by atoms with Gasteiger partial charge in [-0.15, -0.1) is 0 Å². The predicted molar refractivity (Wildman–Crippen MR) is 124 cm³/mol. The lowest BCUT2D eigenvalue weighted by molar-refractivity contribution is 0.181. The Morgan fingerprint density at radius 1 is 1.06 bits per heavy atom. The van der Waals surface area contributed by atoms with Crippen molar-refractivity contribution in [2.45, 2.75) is 45.8 Å². The maximum atomic E-state index is 10.6. The molecule has 3 aromatic rings. The number of guanidine groups is 1. The van der Waals surface area contributed by atoms with E-state index in [0.717, 1.165) is 23.4 Å². The third-order valence-corrected chi connectivity index (χ3v) is 5.01. The zero-order valence-corrected chi connectivity index (χ0v) is 18.7. The van der Waals surface area contributed by atoms with Crippen molar-refractivity contribution in [1.29, 1.82) is 0 Å².